The summed E-state index contributed by atoms with van der Waals surface area (Å²) >= 11 is 1.83. The zero-order chi connectivity index (χ0) is 13.2. The van der Waals surface area contributed by atoms with Crippen LogP contribution in [0.4, 0.5) is 0 Å². The molecule has 1 aromatic carbocycles. The summed E-state index contributed by atoms with van der Waals surface area (Å²) in [6.45, 7) is 0.0531. The van der Waals surface area contributed by atoms with Gasteiger partial charge >= 0.3 is 0 Å². The molecule has 1 aromatic heterocycles. The van der Waals surface area contributed by atoms with Crippen molar-refractivity contribution in [2.24, 2.45) is 7.05 Å². The topological polar surface area (TPSA) is 38.0 Å². The average molecular weight is 274 g/mol. The lowest BCUT2D eigenvalue weighted by Gasteiger charge is -2.23. The van der Waals surface area contributed by atoms with Crippen molar-refractivity contribution in [1.82, 2.24) is 9.55 Å². The van der Waals surface area contributed by atoms with E-state index < -0.39 is 0 Å². The highest BCUT2D eigenvalue weighted by Crippen LogP contribution is 2.32. The summed E-state index contributed by atoms with van der Waals surface area (Å²) in [5.74, 6) is 0. The van der Waals surface area contributed by atoms with Crippen molar-refractivity contribution in [3.63, 3.8) is 0 Å². The Kier molecular flexibility index (Phi) is 3.62. The van der Waals surface area contributed by atoms with Gasteiger partial charge in [-0.25, -0.2) is 4.98 Å². The number of hydrogen-bond donors (Lipinski definition) is 1. The number of hydrogen-bond acceptors (Lipinski definition) is 3. The first-order chi connectivity index (χ1) is 9.28. The number of fused-ring (bicyclic) bond motifs is 1. The minimum atomic E-state index is 0.0531. The zero-order valence-electron chi connectivity index (χ0n) is 11.0. The van der Waals surface area contributed by atoms with Crippen LogP contribution < -0.4 is 0 Å². The van der Waals surface area contributed by atoms with Crippen molar-refractivity contribution >= 4 is 11.8 Å². The summed E-state index contributed by atoms with van der Waals surface area (Å²) in [7, 11) is 1.97. The van der Waals surface area contributed by atoms with Crippen molar-refractivity contribution in [1.29, 1.82) is 0 Å². The van der Waals surface area contributed by atoms with Gasteiger partial charge in [-0.1, -0.05) is 36.0 Å². The fourth-order valence-corrected chi connectivity index (χ4v) is 3.78. The number of aliphatic hydroxyl groups excluding tert-OH is 1. The van der Waals surface area contributed by atoms with Gasteiger partial charge in [-0.05, 0) is 30.4 Å². The summed E-state index contributed by atoms with van der Waals surface area (Å²) < 4.78 is 1.99. The third kappa shape index (κ3) is 2.55. The van der Waals surface area contributed by atoms with Gasteiger partial charge in [0.2, 0.25) is 0 Å². The van der Waals surface area contributed by atoms with E-state index in [0.717, 1.165) is 23.7 Å². The summed E-state index contributed by atoms with van der Waals surface area (Å²) in [5, 5.41) is 10.8. The molecule has 1 aliphatic rings. The Morgan fingerprint density at radius 1 is 1.37 bits per heavy atom. The van der Waals surface area contributed by atoms with E-state index in [1.54, 1.807) is 6.20 Å². The third-order valence-electron chi connectivity index (χ3n) is 3.78. The second kappa shape index (κ2) is 5.39. The van der Waals surface area contributed by atoms with E-state index in [2.05, 4.69) is 29.2 Å². The molecule has 0 saturated heterocycles. The maximum absolute atomic E-state index is 9.20. The molecular formula is C15H18N2OS. The molecule has 4 heteroatoms. The number of aromatic nitrogens is 2. The molecule has 1 unspecified atom stereocenters. The van der Waals surface area contributed by atoms with Gasteiger partial charge in [0.1, 0.15) is 0 Å². The highest BCUT2D eigenvalue weighted by Gasteiger charge is 2.21. The minimum Gasteiger partial charge on any atom is -0.390 e. The van der Waals surface area contributed by atoms with Crippen molar-refractivity contribution in [3.8, 4) is 0 Å². The van der Waals surface area contributed by atoms with Crippen LogP contribution in [0.2, 0.25) is 0 Å². The molecule has 0 amide bonds. The third-order valence-corrected chi connectivity index (χ3v) is 5.10. The van der Waals surface area contributed by atoms with Gasteiger partial charge in [0.25, 0.3) is 0 Å². The summed E-state index contributed by atoms with van der Waals surface area (Å²) in [4.78, 5) is 4.40. The van der Waals surface area contributed by atoms with E-state index in [1.807, 2.05) is 23.4 Å². The monoisotopic (exact) mass is 274 g/mol. The zero-order valence-corrected chi connectivity index (χ0v) is 11.9. The van der Waals surface area contributed by atoms with Crippen molar-refractivity contribution in [2.45, 2.75) is 36.3 Å². The molecule has 0 fully saturated rings. The van der Waals surface area contributed by atoms with Gasteiger partial charge in [-0.2, -0.15) is 0 Å². The lowest BCUT2D eigenvalue weighted by Crippen LogP contribution is -2.16. The molecule has 19 heavy (non-hydrogen) atoms. The highest BCUT2D eigenvalue weighted by atomic mass is 32.2. The second-order valence-corrected chi connectivity index (χ2v) is 6.27. The van der Waals surface area contributed by atoms with Crippen LogP contribution in [0.15, 0.2) is 35.6 Å². The standard InChI is InChI=1S/C15H18N2OS/c1-17-13(10-18)9-16-15(17)19-14-7-6-11-4-2-3-5-12(11)8-14/h2-5,9,14,18H,6-8,10H2,1H3. The quantitative estimate of drug-likeness (QED) is 0.935. The highest BCUT2D eigenvalue weighted by molar-refractivity contribution is 7.99. The Hall–Kier alpha value is -1.26. The molecule has 1 heterocycles. The molecule has 1 atom stereocenters. The minimum absolute atomic E-state index is 0.0531. The predicted octanol–water partition coefficient (Wildman–Crippen LogP) is 2.56. The smallest absolute Gasteiger partial charge is 0.168 e. The molecule has 0 saturated carbocycles. The number of rotatable bonds is 3. The molecule has 0 aliphatic heterocycles. The average Bonchev–Trinajstić information content (AvgIpc) is 2.79. The van der Waals surface area contributed by atoms with Crippen LogP contribution in [0.3, 0.4) is 0 Å². The van der Waals surface area contributed by atoms with Crippen LogP contribution in [0.1, 0.15) is 23.2 Å². The lowest BCUT2D eigenvalue weighted by atomic mass is 9.92. The Labute approximate surface area is 117 Å². The van der Waals surface area contributed by atoms with Crippen LogP contribution in [0, 0.1) is 0 Å². The molecule has 1 aliphatic carbocycles. The Morgan fingerprint density at radius 2 is 2.16 bits per heavy atom. The van der Waals surface area contributed by atoms with E-state index in [0.29, 0.717) is 5.25 Å². The van der Waals surface area contributed by atoms with Gasteiger partial charge in [0.05, 0.1) is 18.5 Å². The number of aryl methyl sites for hydroxylation is 1. The van der Waals surface area contributed by atoms with Gasteiger partial charge in [-0.3, -0.25) is 0 Å². The molecule has 0 radical (unpaired) electrons. The number of aliphatic hydroxyl groups is 1. The van der Waals surface area contributed by atoms with Crippen molar-refractivity contribution in [3.05, 3.63) is 47.3 Å². The Balaban J connectivity index is 1.73. The summed E-state index contributed by atoms with van der Waals surface area (Å²) in [5.41, 5.74) is 3.84. The van der Waals surface area contributed by atoms with E-state index in [4.69, 9.17) is 0 Å². The SMILES string of the molecule is Cn1c(CO)cnc1SC1CCc2ccccc2C1. The molecule has 3 rings (SSSR count). The van der Waals surface area contributed by atoms with Gasteiger partial charge in [-0.15, -0.1) is 0 Å². The molecule has 0 bridgehead atoms. The summed E-state index contributed by atoms with van der Waals surface area (Å²) in [6, 6.07) is 8.72. The van der Waals surface area contributed by atoms with E-state index in [-0.39, 0.29) is 6.61 Å². The van der Waals surface area contributed by atoms with Crippen LogP contribution in [-0.2, 0) is 26.5 Å². The first-order valence-corrected chi connectivity index (χ1v) is 7.51. The van der Waals surface area contributed by atoms with E-state index in [9.17, 15) is 5.11 Å². The molecule has 100 valence electrons. The molecule has 3 nitrogen and oxygen atoms in total. The van der Waals surface area contributed by atoms with Crippen molar-refractivity contribution < 1.29 is 5.11 Å². The van der Waals surface area contributed by atoms with E-state index >= 15 is 0 Å². The van der Waals surface area contributed by atoms with Crippen LogP contribution in [0.5, 0.6) is 0 Å². The molecule has 2 aromatic rings. The van der Waals surface area contributed by atoms with Gasteiger partial charge < -0.3 is 9.67 Å². The number of imidazole rings is 1. The van der Waals surface area contributed by atoms with Gasteiger partial charge in [0, 0.05) is 12.3 Å². The first kappa shape index (κ1) is 12.8. The Bertz CT molecular complexity index is 579. The number of thioether (sulfide) groups is 1. The fraction of sp³-hybridized carbons (Fsp3) is 0.400. The lowest BCUT2D eigenvalue weighted by molar-refractivity contribution is 0.271. The number of benzene rings is 1. The largest absolute Gasteiger partial charge is 0.390 e. The van der Waals surface area contributed by atoms with Gasteiger partial charge in [0.15, 0.2) is 5.16 Å². The maximum atomic E-state index is 9.20. The number of nitrogens with zero attached hydrogens (tertiary/aromatic N) is 2. The van der Waals surface area contributed by atoms with Crippen LogP contribution >= 0.6 is 11.8 Å². The van der Waals surface area contributed by atoms with Crippen LogP contribution in [0.25, 0.3) is 0 Å². The molecular weight excluding hydrogens is 256 g/mol. The van der Waals surface area contributed by atoms with Crippen molar-refractivity contribution in [2.75, 3.05) is 0 Å². The predicted molar refractivity (Wildman–Crippen MR) is 77.2 cm³/mol. The Morgan fingerprint density at radius 3 is 2.89 bits per heavy atom. The fourth-order valence-electron chi connectivity index (χ4n) is 2.60. The summed E-state index contributed by atoms with van der Waals surface area (Å²) in [6.07, 6.45) is 5.23. The van der Waals surface area contributed by atoms with Crippen LogP contribution in [-0.4, -0.2) is 19.9 Å². The van der Waals surface area contributed by atoms with E-state index in [1.165, 1.54) is 17.5 Å². The second-order valence-electron chi connectivity index (χ2n) is 5.00. The molecule has 0 spiro atoms. The first-order valence-electron chi connectivity index (χ1n) is 6.63. The molecule has 1 N–H and O–H groups in total. The normalized spacial score (nSPS) is 18.3. The maximum Gasteiger partial charge on any atom is 0.168 e.